The van der Waals surface area contributed by atoms with Gasteiger partial charge >= 0.3 is 5.97 Å². The van der Waals surface area contributed by atoms with Gasteiger partial charge in [0, 0.05) is 40.0 Å². The molecular weight excluding hydrogens is 835 g/mol. The Balaban J connectivity index is 6.44. The summed E-state index contributed by atoms with van der Waals surface area (Å²) < 4.78 is 0. The highest BCUT2D eigenvalue weighted by Crippen LogP contribution is 2.19. The summed E-state index contributed by atoms with van der Waals surface area (Å²) >= 11 is 0. The molecule has 0 rings (SSSR count). The highest BCUT2D eigenvalue weighted by Gasteiger charge is 2.32. The summed E-state index contributed by atoms with van der Waals surface area (Å²) in [7, 11) is 0. The highest BCUT2D eigenvalue weighted by molar-refractivity contribution is 5.95. The minimum absolute atomic E-state index is 0.00241. The van der Waals surface area contributed by atoms with E-state index in [4.69, 9.17) is 5.73 Å². The van der Waals surface area contributed by atoms with Crippen LogP contribution in [0.1, 0.15) is 207 Å². The molecule has 0 aliphatic rings. The molecule has 0 spiro atoms. The van der Waals surface area contributed by atoms with Crippen LogP contribution in [0.5, 0.6) is 0 Å². The van der Waals surface area contributed by atoms with Crippen molar-refractivity contribution in [1.82, 2.24) is 42.5 Å². The van der Waals surface area contributed by atoms with Crippen molar-refractivity contribution in [1.29, 1.82) is 0 Å². The Labute approximate surface area is 402 Å². The summed E-state index contributed by atoms with van der Waals surface area (Å²) in [6.07, 6.45) is 8.89. The first-order chi connectivity index (χ1) is 30.3. The SMILES string of the molecule is CC(C)(C)NCCCCC(NC(=O)C(CCCCNC(C)(C)C)NC(=O)[C@H](CCCCNC(C)(C)C)CC(=O)C(CCCCNC(C)(C)C)NC(=O)[C@H](N)CCCCNC(C)(C)C)C(=O)O. The average molecular weight is 938 g/mol. The van der Waals surface area contributed by atoms with E-state index >= 15 is 0 Å². The number of aliphatic carboxylic acids is 1. The average Bonchev–Trinajstić information content (AvgIpc) is 3.15. The van der Waals surface area contributed by atoms with Gasteiger partial charge in [-0.2, -0.15) is 0 Å². The number of hydrogen-bond donors (Lipinski definition) is 10. The third-order valence-corrected chi connectivity index (χ3v) is 11.1. The molecule has 0 fully saturated rings. The van der Waals surface area contributed by atoms with E-state index in [0.717, 1.165) is 64.7 Å². The molecule has 66 heavy (non-hydrogen) atoms. The van der Waals surface area contributed by atoms with Gasteiger partial charge in [-0.25, -0.2) is 4.79 Å². The summed E-state index contributed by atoms with van der Waals surface area (Å²) in [4.78, 5) is 68.8. The molecule has 0 aliphatic carbocycles. The van der Waals surface area contributed by atoms with Crippen LogP contribution in [0.4, 0.5) is 0 Å². The van der Waals surface area contributed by atoms with Crippen molar-refractivity contribution in [2.45, 2.75) is 258 Å². The predicted octanol–water partition coefficient (Wildman–Crippen LogP) is 6.22. The first-order valence-corrected chi connectivity index (χ1v) is 25.5. The minimum Gasteiger partial charge on any atom is -0.480 e. The Morgan fingerprint density at radius 1 is 0.394 bits per heavy atom. The zero-order valence-electron chi connectivity index (χ0n) is 44.8. The zero-order valence-corrected chi connectivity index (χ0v) is 44.8. The predicted molar refractivity (Wildman–Crippen MR) is 273 cm³/mol. The first kappa shape index (κ1) is 63.3. The molecule has 0 aliphatic heterocycles. The number of carbonyl (C=O) groups excluding carboxylic acids is 4. The number of Topliss-reactive ketones (excluding diaryl/α,β-unsaturated/α-hetero) is 1. The number of rotatable bonds is 35. The van der Waals surface area contributed by atoms with Crippen molar-refractivity contribution in [3.05, 3.63) is 0 Å². The molecule has 0 radical (unpaired) electrons. The van der Waals surface area contributed by atoms with E-state index in [-0.39, 0.29) is 52.2 Å². The second-order valence-corrected chi connectivity index (χ2v) is 23.9. The van der Waals surface area contributed by atoms with E-state index in [1.165, 1.54) is 0 Å². The Hall–Kier alpha value is -2.69. The molecule has 0 aromatic heterocycles. The van der Waals surface area contributed by atoms with Crippen LogP contribution < -0.4 is 48.3 Å². The van der Waals surface area contributed by atoms with Crippen LogP contribution in [-0.2, 0) is 24.0 Å². The molecule has 0 saturated heterocycles. The molecule has 0 aromatic rings. The maximum absolute atomic E-state index is 14.4. The quantitative estimate of drug-likeness (QED) is 0.0320. The number of nitrogens with one attached hydrogen (secondary N) is 8. The number of carboxylic acid groups (broad SMARTS) is 1. The fraction of sp³-hybridized carbons (Fsp3) is 0.902. The molecule has 0 heterocycles. The number of ketones is 1. The van der Waals surface area contributed by atoms with Crippen LogP contribution in [0.25, 0.3) is 0 Å². The third kappa shape index (κ3) is 36.4. The summed E-state index contributed by atoms with van der Waals surface area (Å²) in [5.74, 6) is -3.51. The van der Waals surface area contributed by atoms with Crippen molar-refractivity contribution < 1.29 is 29.1 Å². The van der Waals surface area contributed by atoms with Gasteiger partial charge in [-0.1, -0.05) is 12.8 Å². The first-order valence-electron chi connectivity index (χ1n) is 25.5. The lowest BCUT2D eigenvalue weighted by atomic mass is 9.90. The van der Waals surface area contributed by atoms with Gasteiger partial charge in [0.1, 0.15) is 12.1 Å². The van der Waals surface area contributed by atoms with Crippen molar-refractivity contribution in [3.8, 4) is 0 Å². The molecular formula is C51H103N9O6. The van der Waals surface area contributed by atoms with E-state index in [9.17, 15) is 29.1 Å². The maximum atomic E-state index is 14.4. The number of unbranched alkanes of at least 4 members (excludes halogenated alkanes) is 5. The van der Waals surface area contributed by atoms with Crippen LogP contribution in [0.3, 0.4) is 0 Å². The van der Waals surface area contributed by atoms with Gasteiger partial charge in [-0.3, -0.25) is 19.2 Å². The lowest BCUT2D eigenvalue weighted by Gasteiger charge is -2.26. The monoisotopic (exact) mass is 938 g/mol. The van der Waals surface area contributed by atoms with Crippen LogP contribution in [0.2, 0.25) is 0 Å². The molecule has 0 aromatic carbocycles. The van der Waals surface area contributed by atoms with Crippen molar-refractivity contribution in [2.24, 2.45) is 11.7 Å². The topological polar surface area (TPSA) is 228 Å². The Kier molecular flexibility index (Phi) is 30.2. The van der Waals surface area contributed by atoms with Crippen molar-refractivity contribution in [3.63, 3.8) is 0 Å². The van der Waals surface area contributed by atoms with Gasteiger partial charge in [0.05, 0.1) is 12.1 Å². The Morgan fingerprint density at radius 2 is 0.697 bits per heavy atom. The highest BCUT2D eigenvalue weighted by atomic mass is 16.4. The Morgan fingerprint density at radius 3 is 1.06 bits per heavy atom. The number of carbonyl (C=O) groups is 5. The molecule has 5 atom stereocenters. The lowest BCUT2D eigenvalue weighted by molar-refractivity contribution is -0.142. The summed E-state index contributed by atoms with van der Waals surface area (Å²) in [5, 5.41) is 36.1. The third-order valence-electron chi connectivity index (χ3n) is 11.1. The fourth-order valence-corrected chi connectivity index (χ4v) is 7.26. The van der Waals surface area contributed by atoms with Crippen LogP contribution >= 0.6 is 0 Å². The molecule has 11 N–H and O–H groups in total. The van der Waals surface area contributed by atoms with E-state index < -0.39 is 47.9 Å². The molecule has 15 heteroatoms. The second kappa shape index (κ2) is 31.4. The normalized spacial score (nSPS) is 15.1. The van der Waals surface area contributed by atoms with Gasteiger partial charge in [0.15, 0.2) is 5.78 Å². The largest absolute Gasteiger partial charge is 0.480 e. The van der Waals surface area contributed by atoms with E-state index in [2.05, 4.69) is 146 Å². The van der Waals surface area contributed by atoms with Crippen LogP contribution in [0.15, 0.2) is 0 Å². The standard InChI is InChI=1S/C51H103N9O6/c1-47(2,3)53-31-21-16-26-37(36-42(61)39(28-18-23-33-55-49(7,8)9)58-44(63)38(52)27-17-22-32-54-48(4,5)6)43(62)59-40(29-19-24-34-56-50(10,11)12)45(64)60-41(46(65)66)30-20-25-35-57-51(13,14)15/h37-41,53-57H,16-36,52H2,1-15H3,(H,58,63)(H,59,62)(H,60,64)(H,65,66)/t37-,38-,39?,40?,41?/m1/s1. The molecule has 15 nitrogen and oxygen atoms in total. The molecule has 0 bridgehead atoms. The summed E-state index contributed by atoms with van der Waals surface area (Å²) in [6, 6.07) is -3.72. The number of carboxylic acids is 1. The molecule has 388 valence electrons. The van der Waals surface area contributed by atoms with Gasteiger partial charge in [-0.15, -0.1) is 0 Å². The van der Waals surface area contributed by atoms with E-state index in [1.807, 2.05) is 0 Å². The van der Waals surface area contributed by atoms with Crippen LogP contribution in [0, 0.1) is 5.92 Å². The molecule has 3 amide bonds. The van der Waals surface area contributed by atoms with Gasteiger partial charge < -0.3 is 53.4 Å². The van der Waals surface area contributed by atoms with E-state index in [0.29, 0.717) is 57.9 Å². The zero-order chi connectivity index (χ0) is 50.8. The molecule has 0 saturated carbocycles. The smallest absolute Gasteiger partial charge is 0.326 e. The van der Waals surface area contributed by atoms with Gasteiger partial charge in [0.25, 0.3) is 0 Å². The number of hydrogen-bond acceptors (Lipinski definition) is 11. The summed E-state index contributed by atoms with van der Waals surface area (Å²) in [6.45, 7) is 35.1. The molecule has 3 unspecified atom stereocenters. The summed E-state index contributed by atoms with van der Waals surface area (Å²) in [5.41, 5.74) is 6.12. The number of nitrogens with two attached hydrogens (primary N) is 1. The second-order valence-electron chi connectivity index (χ2n) is 23.9. The van der Waals surface area contributed by atoms with Crippen molar-refractivity contribution >= 4 is 29.5 Å². The Bertz CT molecular complexity index is 1390. The minimum atomic E-state index is -1.13. The van der Waals surface area contributed by atoms with Crippen LogP contribution in [-0.4, -0.2) is 119 Å². The fourth-order valence-electron chi connectivity index (χ4n) is 7.26. The number of amides is 3. The van der Waals surface area contributed by atoms with E-state index in [1.54, 1.807) is 0 Å². The van der Waals surface area contributed by atoms with Gasteiger partial charge in [0.2, 0.25) is 17.7 Å². The van der Waals surface area contributed by atoms with Gasteiger partial charge in [-0.05, 0) is 220 Å². The lowest BCUT2D eigenvalue weighted by Crippen LogP contribution is -2.53. The maximum Gasteiger partial charge on any atom is 0.326 e. The van der Waals surface area contributed by atoms with Crippen molar-refractivity contribution in [2.75, 3.05) is 32.7 Å².